The molecular formula is C5H8Cl2N4O. The lowest BCUT2D eigenvalue weighted by atomic mass is 10.5. The van der Waals surface area contributed by atoms with Crippen LogP contribution >= 0.6 is 23.4 Å². The maximum atomic E-state index is 8.48. The molecule has 1 heterocycles. The molecule has 7 heteroatoms. The van der Waals surface area contributed by atoms with E-state index in [0.717, 1.165) is 4.64 Å². The monoisotopic (exact) mass is 210 g/mol. The van der Waals surface area contributed by atoms with Gasteiger partial charge in [-0.2, -0.15) is 0 Å². The Kier molecular flexibility index (Phi) is 3.61. The first kappa shape index (κ1) is 9.60. The van der Waals surface area contributed by atoms with Gasteiger partial charge in [0.1, 0.15) is 11.0 Å². The molecule has 0 fully saturated rings. The lowest BCUT2D eigenvalue weighted by Gasteiger charge is -2.21. The van der Waals surface area contributed by atoms with E-state index in [-0.39, 0.29) is 6.61 Å². The summed E-state index contributed by atoms with van der Waals surface area (Å²) in [5.74, 6) is 0.503. The van der Waals surface area contributed by atoms with Gasteiger partial charge in [0.05, 0.1) is 13.2 Å². The molecule has 0 aromatic rings. The van der Waals surface area contributed by atoms with Crippen molar-refractivity contribution in [2.24, 2.45) is 4.99 Å². The number of rotatable bonds is 2. The van der Waals surface area contributed by atoms with Gasteiger partial charge in [0.15, 0.2) is 0 Å². The molecule has 0 bridgehead atoms. The van der Waals surface area contributed by atoms with Gasteiger partial charge in [-0.1, -0.05) is 11.6 Å². The van der Waals surface area contributed by atoms with Gasteiger partial charge in [-0.25, -0.2) is 0 Å². The van der Waals surface area contributed by atoms with Crippen LogP contribution in [0.2, 0.25) is 0 Å². The van der Waals surface area contributed by atoms with Crippen molar-refractivity contribution in [2.75, 3.05) is 13.2 Å². The summed E-state index contributed by atoms with van der Waals surface area (Å²) in [6.07, 6.45) is 1.57. The van der Waals surface area contributed by atoms with Gasteiger partial charge < -0.3 is 5.11 Å². The lowest BCUT2D eigenvalue weighted by Crippen LogP contribution is -2.46. The van der Waals surface area contributed by atoms with Crippen molar-refractivity contribution in [3.8, 4) is 0 Å². The molecular weight excluding hydrogens is 203 g/mol. The van der Waals surface area contributed by atoms with Crippen molar-refractivity contribution in [1.82, 2.24) is 15.5 Å². The molecule has 1 rings (SSSR count). The number of nitrogens with zero attached hydrogens (tertiary/aromatic N) is 2. The van der Waals surface area contributed by atoms with Crippen molar-refractivity contribution in [3.63, 3.8) is 0 Å². The molecule has 1 aliphatic rings. The van der Waals surface area contributed by atoms with Crippen molar-refractivity contribution >= 4 is 29.2 Å². The summed E-state index contributed by atoms with van der Waals surface area (Å²) < 4.78 is 1.05. The van der Waals surface area contributed by atoms with E-state index in [1.807, 2.05) is 0 Å². The molecule has 0 amide bonds. The summed E-state index contributed by atoms with van der Waals surface area (Å²) in [4.78, 5) is 3.93. The normalized spacial score (nSPS) is 21.6. The highest BCUT2D eigenvalue weighted by atomic mass is 35.5. The summed E-state index contributed by atoms with van der Waals surface area (Å²) in [6.45, 7) is 0.306. The van der Waals surface area contributed by atoms with Crippen LogP contribution in [-0.4, -0.2) is 28.7 Å². The number of aliphatic hydroxyl groups excluding tert-OH is 1. The third-order valence-corrected chi connectivity index (χ3v) is 1.43. The molecule has 0 saturated carbocycles. The highest BCUT2D eigenvalue weighted by Crippen LogP contribution is 2.03. The van der Waals surface area contributed by atoms with Crippen LogP contribution < -0.4 is 10.9 Å². The summed E-state index contributed by atoms with van der Waals surface area (Å²) in [5, 5.41) is 8.84. The van der Waals surface area contributed by atoms with E-state index in [9.17, 15) is 0 Å². The quantitative estimate of drug-likeness (QED) is 0.442. The maximum absolute atomic E-state index is 8.48. The van der Waals surface area contributed by atoms with Gasteiger partial charge in [-0.3, -0.25) is 15.8 Å². The zero-order chi connectivity index (χ0) is 8.97. The van der Waals surface area contributed by atoms with Crippen LogP contribution in [0.3, 0.4) is 0 Å². The zero-order valence-electron chi connectivity index (χ0n) is 6.09. The number of hydrogen-bond donors (Lipinski definition) is 3. The average Bonchev–Trinajstić information content (AvgIpc) is 1.99. The molecule has 0 unspecified atom stereocenters. The van der Waals surface area contributed by atoms with Crippen molar-refractivity contribution in [1.29, 1.82) is 0 Å². The zero-order valence-corrected chi connectivity index (χ0v) is 7.60. The summed E-state index contributed by atoms with van der Waals surface area (Å²) >= 11 is 11.2. The Labute approximate surface area is 79.7 Å². The third-order valence-electron chi connectivity index (χ3n) is 1.06. The summed E-state index contributed by atoms with van der Waals surface area (Å²) in [5.41, 5.74) is 5.20. The van der Waals surface area contributed by atoms with Crippen LogP contribution in [0.25, 0.3) is 0 Å². The number of aliphatic imine (C=N–C) groups is 1. The smallest absolute Gasteiger partial charge is 0.141 e. The predicted octanol–water partition coefficient (Wildman–Crippen LogP) is -0.0640. The van der Waals surface area contributed by atoms with Crippen LogP contribution in [0.15, 0.2) is 16.2 Å². The van der Waals surface area contributed by atoms with Crippen molar-refractivity contribution in [2.45, 2.75) is 0 Å². The first-order valence-corrected chi connectivity index (χ1v) is 3.95. The number of hydrogen-bond acceptors (Lipinski definition) is 4. The van der Waals surface area contributed by atoms with Gasteiger partial charge in [-0.05, 0) is 4.64 Å². The highest BCUT2D eigenvalue weighted by Gasteiger charge is 2.10. The minimum atomic E-state index is -0.00759. The topological polar surface area (TPSA) is 59.9 Å². The van der Waals surface area contributed by atoms with E-state index in [2.05, 4.69) is 15.8 Å². The summed E-state index contributed by atoms with van der Waals surface area (Å²) in [6, 6.07) is 0. The SMILES string of the molecule is OCCN=C1C=C(Cl)NN(Cl)N1. The number of hydrazine groups is 2. The first-order chi connectivity index (χ1) is 5.72. The van der Waals surface area contributed by atoms with E-state index in [0.29, 0.717) is 17.5 Å². The Balaban J connectivity index is 2.60. The fourth-order valence-electron chi connectivity index (χ4n) is 0.658. The molecule has 3 N–H and O–H groups in total. The van der Waals surface area contributed by atoms with Gasteiger partial charge in [0, 0.05) is 17.9 Å². The fraction of sp³-hybridized carbons (Fsp3) is 0.400. The van der Waals surface area contributed by atoms with Crippen LogP contribution in [0.4, 0.5) is 0 Å². The third kappa shape index (κ3) is 2.86. The van der Waals surface area contributed by atoms with Gasteiger partial charge >= 0.3 is 0 Å². The highest BCUT2D eigenvalue weighted by molar-refractivity contribution is 6.31. The lowest BCUT2D eigenvalue weighted by molar-refractivity contribution is 0.304. The van der Waals surface area contributed by atoms with Crippen molar-refractivity contribution < 1.29 is 5.11 Å². The van der Waals surface area contributed by atoms with Crippen LogP contribution in [0.1, 0.15) is 0 Å². The molecule has 0 atom stereocenters. The van der Waals surface area contributed by atoms with Gasteiger partial charge in [-0.15, -0.1) is 0 Å². The minimum absolute atomic E-state index is 0.00759. The Bertz CT molecular complexity index is 217. The van der Waals surface area contributed by atoms with E-state index in [4.69, 9.17) is 28.5 Å². The molecule has 0 spiro atoms. The molecule has 1 aliphatic heterocycles. The van der Waals surface area contributed by atoms with E-state index in [1.54, 1.807) is 6.08 Å². The second-order valence-electron chi connectivity index (χ2n) is 1.99. The predicted molar refractivity (Wildman–Crippen MR) is 47.3 cm³/mol. The Morgan fingerprint density at radius 3 is 2.92 bits per heavy atom. The van der Waals surface area contributed by atoms with Gasteiger partial charge in [0.25, 0.3) is 0 Å². The summed E-state index contributed by atoms with van der Waals surface area (Å²) in [7, 11) is 0. The standard InChI is InChI=1S/C5H8Cl2N4O/c6-4-3-5(8-1-2-12)10-11(7)9-4/h3,9,12H,1-2H2,(H,8,10). The number of amidine groups is 1. The molecule has 0 radical (unpaired) electrons. The minimum Gasteiger partial charge on any atom is -0.394 e. The van der Waals surface area contributed by atoms with E-state index in [1.165, 1.54) is 0 Å². The van der Waals surface area contributed by atoms with E-state index >= 15 is 0 Å². The average molecular weight is 211 g/mol. The fourth-order valence-corrected chi connectivity index (χ4v) is 1.07. The van der Waals surface area contributed by atoms with Gasteiger partial charge in [0.2, 0.25) is 0 Å². The number of aliphatic hydroxyl groups is 1. The Morgan fingerprint density at radius 2 is 2.33 bits per heavy atom. The molecule has 68 valence electrons. The largest absolute Gasteiger partial charge is 0.394 e. The Hall–Kier alpha value is -0.490. The molecule has 5 nitrogen and oxygen atoms in total. The van der Waals surface area contributed by atoms with Crippen LogP contribution in [-0.2, 0) is 0 Å². The van der Waals surface area contributed by atoms with Crippen LogP contribution in [0, 0.1) is 0 Å². The number of halogens is 2. The van der Waals surface area contributed by atoms with E-state index < -0.39 is 0 Å². The first-order valence-electron chi connectivity index (χ1n) is 3.24. The second-order valence-corrected chi connectivity index (χ2v) is 2.73. The van der Waals surface area contributed by atoms with Crippen molar-refractivity contribution in [3.05, 3.63) is 11.2 Å². The maximum Gasteiger partial charge on any atom is 0.141 e. The molecule has 0 aliphatic carbocycles. The molecule has 12 heavy (non-hydrogen) atoms. The molecule has 0 saturated heterocycles. The van der Waals surface area contributed by atoms with Crippen LogP contribution in [0.5, 0.6) is 0 Å². The Morgan fingerprint density at radius 1 is 1.58 bits per heavy atom. The second kappa shape index (κ2) is 4.51. The molecule has 0 aromatic heterocycles. The number of nitrogens with one attached hydrogen (secondary N) is 2. The molecule has 0 aromatic carbocycles.